The van der Waals surface area contributed by atoms with Gasteiger partial charge in [0.1, 0.15) is 5.82 Å². The molecule has 2 aromatic carbocycles. The Morgan fingerprint density at radius 2 is 1.62 bits per heavy atom. The van der Waals surface area contributed by atoms with E-state index < -0.39 is 16.0 Å². The van der Waals surface area contributed by atoms with Gasteiger partial charge < -0.3 is 5.11 Å². The highest BCUT2D eigenvalue weighted by atomic mass is 32.2. The van der Waals surface area contributed by atoms with Crippen molar-refractivity contribution in [3.63, 3.8) is 0 Å². The van der Waals surface area contributed by atoms with Gasteiger partial charge in [-0.15, -0.1) is 0 Å². The van der Waals surface area contributed by atoms with Gasteiger partial charge in [0.25, 0.3) is 0 Å². The average molecular weight is 351 g/mol. The smallest absolute Gasteiger partial charge is 0.331 e. The van der Waals surface area contributed by atoms with Gasteiger partial charge >= 0.3 is 10.2 Å². The molecule has 5 nitrogen and oxygen atoms in total. The van der Waals surface area contributed by atoms with Crippen molar-refractivity contribution >= 4 is 27.3 Å². The zero-order valence-electron chi connectivity index (χ0n) is 13.3. The van der Waals surface area contributed by atoms with Gasteiger partial charge in [0.15, 0.2) is 6.10 Å². The Bertz CT molecular complexity index is 841. The lowest BCUT2D eigenvalue weighted by Gasteiger charge is -2.22. The van der Waals surface area contributed by atoms with Crippen LogP contribution < -0.4 is 8.61 Å². The minimum absolute atomic E-state index is 0.00497. The molecular formula is C17H20FN2O3S+. The van der Waals surface area contributed by atoms with Crippen molar-refractivity contribution < 1.29 is 17.9 Å². The van der Waals surface area contributed by atoms with Crippen LogP contribution in [0, 0.1) is 5.82 Å². The topological polar surface area (TPSA) is 63.5 Å². The van der Waals surface area contributed by atoms with Crippen LogP contribution in [0.4, 0.5) is 21.5 Å². The maximum absolute atomic E-state index is 14.2. The van der Waals surface area contributed by atoms with E-state index in [0.717, 1.165) is 4.31 Å². The zero-order valence-corrected chi connectivity index (χ0v) is 14.1. The van der Waals surface area contributed by atoms with E-state index in [-0.39, 0.29) is 18.3 Å². The first-order chi connectivity index (χ1) is 11.5. The molecule has 24 heavy (non-hydrogen) atoms. The molecule has 0 aliphatic carbocycles. The number of fused-ring (bicyclic) bond motifs is 1. The minimum Gasteiger partial charge on any atom is -0.443 e. The van der Waals surface area contributed by atoms with E-state index >= 15 is 0 Å². The summed E-state index contributed by atoms with van der Waals surface area (Å²) in [5.41, 5.74) is 0.954. The third kappa shape index (κ3) is 2.74. The number of anilines is 3. The fraction of sp³-hybridized carbons (Fsp3) is 0.294. The highest BCUT2D eigenvalue weighted by Gasteiger charge is 2.42. The number of nitrogens with zero attached hydrogens (tertiary/aromatic N) is 2. The van der Waals surface area contributed by atoms with E-state index in [2.05, 4.69) is 0 Å². The highest BCUT2D eigenvalue weighted by Crippen LogP contribution is 2.45. The summed E-state index contributed by atoms with van der Waals surface area (Å²) in [7, 11) is -3.92. The Kier molecular flexibility index (Phi) is 4.47. The maximum atomic E-state index is 14.2. The summed E-state index contributed by atoms with van der Waals surface area (Å²) in [4.78, 5) is 0. The summed E-state index contributed by atoms with van der Waals surface area (Å²) >= 11 is 0. The number of benzene rings is 2. The predicted octanol–water partition coefficient (Wildman–Crippen LogP) is 2.92. The first kappa shape index (κ1) is 16.7. The number of hydrogen-bond acceptors (Lipinski definition) is 2. The SMILES string of the molecule is CC[C@H]([OH2+])CCN1c2ccccc2N(c2ccccc2F)S1(=O)=O. The van der Waals surface area contributed by atoms with Gasteiger partial charge in [0.2, 0.25) is 0 Å². The molecule has 0 fully saturated rings. The molecule has 128 valence electrons. The average Bonchev–Trinajstić information content (AvgIpc) is 2.79. The standard InChI is InChI=1S/C17H19FN2O3S/c1-2-13(21)11-12-19-16-9-5-6-10-17(16)20(24(19,22)23)15-8-4-3-7-14(15)18/h3-10,13,21H,2,11-12H2,1H3/p+1/t13-/m0/s1. The molecule has 0 saturated heterocycles. The Morgan fingerprint density at radius 3 is 2.25 bits per heavy atom. The Labute approximate surface area is 141 Å². The van der Waals surface area contributed by atoms with Gasteiger partial charge in [-0.3, -0.25) is 4.31 Å². The molecule has 1 heterocycles. The molecular weight excluding hydrogens is 331 g/mol. The molecule has 0 bridgehead atoms. The molecule has 1 aliphatic rings. The van der Waals surface area contributed by atoms with Crippen molar-refractivity contribution in [2.24, 2.45) is 0 Å². The number of para-hydroxylation sites is 3. The van der Waals surface area contributed by atoms with Crippen molar-refractivity contribution in [3.8, 4) is 0 Å². The molecule has 0 spiro atoms. The summed E-state index contributed by atoms with van der Waals surface area (Å²) in [6.45, 7) is 2.10. The van der Waals surface area contributed by atoms with Gasteiger partial charge in [-0.1, -0.05) is 31.2 Å². The lowest BCUT2D eigenvalue weighted by atomic mass is 10.2. The second-order valence-electron chi connectivity index (χ2n) is 5.68. The normalized spacial score (nSPS) is 17.0. The predicted molar refractivity (Wildman–Crippen MR) is 93.6 cm³/mol. The van der Waals surface area contributed by atoms with Gasteiger partial charge in [-0.25, -0.2) is 8.70 Å². The maximum Gasteiger partial charge on any atom is 0.331 e. The molecule has 2 aromatic rings. The van der Waals surface area contributed by atoms with Gasteiger partial charge in [0.05, 0.1) is 17.1 Å². The van der Waals surface area contributed by atoms with Crippen LogP contribution in [0.5, 0.6) is 0 Å². The third-order valence-electron chi connectivity index (χ3n) is 4.12. The summed E-state index contributed by atoms with van der Waals surface area (Å²) in [6.07, 6.45) is 0.761. The van der Waals surface area contributed by atoms with Crippen LogP contribution in [-0.2, 0) is 10.2 Å². The largest absolute Gasteiger partial charge is 0.443 e. The molecule has 0 saturated carbocycles. The van der Waals surface area contributed by atoms with Crippen LogP contribution in [0.15, 0.2) is 48.5 Å². The minimum atomic E-state index is -3.92. The monoisotopic (exact) mass is 351 g/mol. The Hall–Kier alpha value is -2.12. The van der Waals surface area contributed by atoms with E-state index in [1.165, 1.54) is 22.5 Å². The van der Waals surface area contributed by atoms with Gasteiger partial charge in [0, 0.05) is 19.4 Å². The van der Waals surface area contributed by atoms with Crippen molar-refractivity contribution in [2.75, 3.05) is 15.2 Å². The quantitative estimate of drug-likeness (QED) is 0.778. The van der Waals surface area contributed by atoms with Crippen LogP contribution in [0.2, 0.25) is 0 Å². The van der Waals surface area contributed by atoms with Crippen LogP contribution in [0.25, 0.3) is 0 Å². The fourth-order valence-corrected chi connectivity index (χ4v) is 4.51. The molecule has 3 rings (SSSR count). The highest BCUT2D eigenvalue weighted by molar-refractivity contribution is 7.95. The summed E-state index contributed by atoms with van der Waals surface area (Å²) in [5.74, 6) is -0.593. The Balaban J connectivity index is 2.07. The molecule has 7 heteroatoms. The Morgan fingerprint density at radius 1 is 1.04 bits per heavy atom. The van der Waals surface area contributed by atoms with Crippen molar-refractivity contribution in [1.29, 1.82) is 0 Å². The van der Waals surface area contributed by atoms with Crippen molar-refractivity contribution in [1.82, 2.24) is 0 Å². The molecule has 0 radical (unpaired) electrons. The number of halogens is 1. The molecule has 0 amide bonds. The van der Waals surface area contributed by atoms with Crippen LogP contribution in [0.3, 0.4) is 0 Å². The van der Waals surface area contributed by atoms with E-state index in [1.54, 1.807) is 30.3 Å². The van der Waals surface area contributed by atoms with Crippen molar-refractivity contribution in [2.45, 2.75) is 25.9 Å². The van der Waals surface area contributed by atoms with Crippen molar-refractivity contribution in [3.05, 3.63) is 54.3 Å². The third-order valence-corrected chi connectivity index (χ3v) is 5.91. The fourth-order valence-electron chi connectivity index (χ4n) is 2.78. The molecule has 1 aliphatic heterocycles. The van der Waals surface area contributed by atoms with Crippen LogP contribution >= 0.6 is 0 Å². The molecule has 0 aromatic heterocycles. The van der Waals surface area contributed by atoms with E-state index in [1.807, 2.05) is 6.92 Å². The van der Waals surface area contributed by atoms with E-state index in [4.69, 9.17) is 5.11 Å². The zero-order chi connectivity index (χ0) is 17.3. The number of rotatable bonds is 5. The van der Waals surface area contributed by atoms with Crippen LogP contribution in [-0.4, -0.2) is 26.2 Å². The van der Waals surface area contributed by atoms with E-state index in [0.29, 0.717) is 24.2 Å². The summed E-state index contributed by atoms with van der Waals surface area (Å²) < 4.78 is 42.6. The summed E-state index contributed by atoms with van der Waals surface area (Å²) in [6, 6.07) is 12.7. The van der Waals surface area contributed by atoms with Gasteiger partial charge in [-0.2, -0.15) is 8.42 Å². The number of hydrogen-bond donors (Lipinski definition) is 0. The van der Waals surface area contributed by atoms with E-state index in [9.17, 15) is 12.8 Å². The molecule has 2 N–H and O–H groups in total. The first-order valence-corrected chi connectivity index (χ1v) is 9.24. The summed E-state index contributed by atoms with van der Waals surface area (Å²) in [5, 5.41) is 7.85. The second-order valence-corrected chi connectivity index (χ2v) is 7.38. The first-order valence-electron chi connectivity index (χ1n) is 7.84. The van der Waals surface area contributed by atoms with Crippen LogP contribution in [0.1, 0.15) is 19.8 Å². The molecule has 1 atom stereocenters. The second kappa shape index (κ2) is 6.41. The lowest BCUT2D eigenvalue weighted by molar-refractivity contribution is 0.163. The van der Waals surface area contributed by atoms with Gasteiger partial charge in [-0.05, 0) is 24.3 Å². The molecule has 0 unspecified atom stereocenters. The lowest BCUT2D eigenvalue weighted by Crippen LogP contribution is -2.37.